The predicted octanol–water partition coefficient (Wildman–Crippen LogP) is 3.57. The van der Waals surface area contributed by atoms with E-state index in [1.165, 1.54) is 7.11 Å². The molecule has 1 aromatic heterocycles. The molecule has 2 heterocycles. The average molecular weight is 451 g/mol. The first-order chi connectivity index (χ1) is 14.2. The largest absolute Gasteiger partial charge is 0.465 e. The number of ether oxygens (including phenoxy) is 1. The van der Waals surface area contributed by atoms with E-state index in [0.717, 1.165) is 23.3 Å². The van der Waals surface area contributed by atoms with Crippen LogP contribution in [-0.4, -0.2) is 38.8 Å². The van der Waals surface area contributed by atoms with Crippen molar-refractivity contribution in [3.05, 3.63) is 45.8 Å². The molecule has 0 fully saturated rings. The number of methoxy groups -OCH3 is 1. The van der Waals surface area contributed by atoms with Crippen LogP contribution in [0.1, 0.15) is 46.6 Å². The summed E-state index contributed by atoms with van der Waals surface area (Å²) in [4.78, 5) is 27.6. The third kappa shape index (κ3) is 4.22. The maximum Gasteiger partial charge on any atom is 0.340 e. The number of para-hydroxylation sites is 1. The van der Waals surface area contributed by atoms with Crippen LogP contribution in [0.5, 0.6) is 0 Å². The van der Waals surface area contributed by atoms with Gasteiger partial charge in [0, 0.05) is 17.3 Å². The summed E-state index contributed by atoms with van der Waals surface area (Å²) in [5.74, 6) is -0.740. The number of rotatable bonds is 6. The summed E-state index contributed by atoms with van der Waals surface area (Å²) < 4.78 is 33.8. The van der Waals surface area contributed by atoms with Gasteiger partial charge in [-0.2, -0.15) is 0 Å². The Morgan fingerprint density at radius 2 is 2.00 bits per heavy atom. The number of carbonyl (C=O) groups is 2. The van der Waals surface area contributed by atoms with Crippen molar-refractivity contribution in [3.63, 3.8) is 0 Å². The molecular formula is C21H26N2O5S2. The number of sulfonamides is 1. The summed E-state index contributed by atoms with van der Waals surface area (Å²) in [6.07, 6.45) is 1.15. The van der Waals surface area contributed by atoms with Gasteiger partial charge in [-0.15, -0.1) is 11.3 Å². The maximum atomic E-state index is 13.2. The number of amides is 1. The highest BCUT2D eigenvalue weighted by Crippen LogP contribution is 2.38. The second-order valence-corrected chi connectivity index (χ2v) is 10.4. The molecule has 0 bridgehead atoms. The lowest BCUT2D eigenvalue weighted by molar-refractivity contribution is -0.135. The zero-order valence-electron chi connectivity index (χ0n) is 17.5. The Morgan fingerprint density at radius 3 is 2.63 bits per heavy atom. The maximum absolute atomic E-state index is 13.2. The van der Waals surface area contributed by atoms with Crippen molar-refractivity contribution in [2.75, 3.05) is 18.4 Å². The van der Waals surface area contributed by atoms with Gasteiger partial charge in [0.25, 0.3) is 10.0 Å². The fraction of sp³-hybridized carbons (Fsp3) is 0.429. The number of hydrogen-bond donors (Lipinski definition) is 1. The lowest BCUT2D eigenvalue weighted by Gasteiger charge is -2.29. The number of nitrogens with zero attached hydrogens (tertiary/aromatic N) is 1. The number of nitrogens with one attached hydrogen (secondary N) is 1. The Hall–Kier alpha value is -2.39. The first-order valence-corrected chi connectivity index (χ1v) is 12.1. The number of carbonyl (C=O) groups excluding carboxylic acids is 2. The predicted molar refractivity (Wildman–Crippen MR) is 116 cm³/mol. The molecule has 0 saturated carbocycles. The summed E-state index contributed by atoms with van der Waals surface area (Å²) in [7, 11) is -2.77. The van der Waals surface area contributed by atoms with Crippen molar-refractivity contribution in [3.8, 4) is 0 Å². The lowest BCUT2D eigenvalue weighted by Crippen LogP contribution is -2.38. The van der Waals surface area contributed by atoms with Crippen molar-refractivity contribution < 1.29 is 22.7 Å². The quantitative estimate of drug-likeness (QED) is 0.679. The molecule has 0 spiro atoms. The zero-order chi connectivity index (χ0) is 22.1. The molecule has 1 aliphatic rings. The highest BCUT2D eigenvalue weighted by Gasteiger charge is 2.35. The van der Waals surface area contributed by atoms with E-state index in [0.29, 0.717) is 35.6 Å². The van der Waals surface area contributed by atoms with Crippen LogP contribution in [0.15, 0.2) is 28.5 Å². The SMILES string of the molecule is CC[C@H](C)C(=O)N1CCc2c(sc(S(=O)(=O)Nc3ccccc3C)c2C(=O)OC)C1. The van der Waals surface area contributed by atoms with Crippen molar-refractivity contribution >= 4 is 38.9 Å². The van der Waals surface area contributed by atoms with E-state index in [4.69, 9.17) is 4.74 Å². The number of fused-ring (bicyclic) bond motifs is 1. The first kappa shape index (κ1) is 22.3. The number of hydrogen-bond acceptors (Lipinski definition) is 6. The van der Waals surface area contributed by atoms with Crippen LogP contribution in [0.25, 0.3) is 0 Å². The molecule has 2 aromatic rings. The minimum atomic E-state index is -4.01. The average Bonchev–Trinajstić information content (AvgIpc) is 3.13. The van der Waals surface area contributed by atoms with Crippen molar-refractivity contribution in [2.45, 2.75) is 44.4 Å². The van der Waals surface area contributed by atoms with Crippen molar-refractivity contribution in [1.82, 2.24) is 4.90 Å². The molecule has 0 unspecified atom stereocenters. The van der Waals surface area contributed by atoms with Gasteiger partial charge in [0.2, 0.25) is 5.91 Å². The standard InChI is InChI=1S/C21H26N2O5S2/c1-5-13(2)19(24)23-11-10-15-17(12-23)29-21(18(15)20(25)28-4)30(26,27)22-16-9-7-6-8-14(16)3/h6-9,13,22H,5,10-12H2,1-4H3/t13-/m0/s1. The van der Waals surface area contributed by atoms with Gasteiger partial charge in [-0.05, 0) is 37.0 Å². The van der Waals surface area contributed by atoms with E-state index in [1.807, 2.05) is 19.9 Å². The molecule has 30 heavy (non-hydrogen) atoms. The van der Waals surface area contributed by atoms with Crippen LogP contribution < -0.4 is 4.72 Å². The van der Waals surface area contributed by atoms with E-state index >= 15 is 0 Å². The van der Waals surface area contributed by atoms with Crippen molar-refractivity contribution in [1.29, 1.82) is 0 Å². The molecule has 1 aliphatic heterocycles. The molecule has 1 aromatic carbocycles. The smallest absolute Gasteiger partial charge is 0.340 e. The van der Waals surface area contributed by atoms with E-state index in [1.54, 1.807) is 30.0 Å². The molecule has 162 valence electrons. The van der Waals surface area contributed by atoms with Gasteiger partial charge in [-0.3, -0.25) is 9.52 Å². The van der Waals surface area contributed by atoms with Crippen LogP contribution in [0.3, 0.4) is 0 Å². The first-order valence-electron chi connectivity index (χ1n) is 9.79. The van der Waals surface area contributed by atoms with Gasteiger partial charge in [0.1, 0.15) is 0 Å². The van der Waals surface area contributed by atoms with Crippen LogP contribution in [0, 0.1) is 12.8 Å². The van der Waals surface area contributed by atoms with Crippen molar-refractivity contribution in [2.24, 2.45) is 5.92 Å². The molecule has 1 amide bonds. The van der Waals surface area contributed by atoms with Gasteiger partial charge in [0.05, 0.1) is 24.9 Å². The highest BCUT2D eigenvalue weighted by molar-refractivity contribution is 7.94. The highest BCUT2D eigenvalue weighted by atomic mass is 32.2. The fourth-order valence-corrected chi connectivity index (χ4v) is 6.46. The Balaban J connectivity index is 2.02. The van der Waals surface area contributed by atoms with E-state index in [-0.39, 0.29) is 21.6 Å². The Morgan fingerprint density at radius 1 is 1.30 bits per heavy atom. The summed E-state index contributed by atoms with van der Waals surface area (Å²) in [5, 5.41) is 0. The van der Waals surface area contributed by atoms with Crippen LogP contribution in [0.2, 0.25) is 0 Å². The molecule has 7 nitrogen and oxygen atoms in total. The third-order valence-corrected chi connectivity index (χ3v) is 8.49. The summed E-state index contributed by atoms with van der Waals surface area (Å²) >= 11 is 1.03. The number of anilines is 1. The minimum Gasteiger partial charge on any atom is -0.465 e. The number of benzene rings is 1. The molecular weight excluding hydrogens is 424 g/mol. The van der Waals surface area contributed by atoms with Crippen LogP contribution in [-0.2, 0) is 32.5 Å². The number of aryl methyl sites for hydroxylation is 1. The molecule has 9 heteroatoms. The van der Waals surface area contributed by atoms with E-state index in [9.17, 15) is 18.0 Å². The van der Waals surface area contributed by atoms with Crippen LogP contribution in [0.4, 0.5) is 5.69 Å². The Labute approximate surface area is 181 Å². The number of thiophene rings is 1. The van der Waals surface area contributed by atoms with Gasteiger partial charge in [-0.25, -0.2) is 13.2 Å². The molecule has 0 aliphatic carbocycles. The second kappa shape index (κ2) is 8.77. The van der Waals surface area contributed by atoms with Gasteiger partial charge < -0.3 is 9.64 Å². The number of esters is 1. The molecule has 1 N–H and O–H groups in total. The van der Waals surface area contributed by atoms with Crippen LogP contribution >= 0.6 is 11.3 Å². The zero-order valence-corrected chi connectivity index (χ0v) is 19.2. The molecule has 3 rings (SSSR count). The Kier molecular flexibility index (Phi) is 6.52. The minimum absolute atomic E-state index is 0.0404. The van der Waals surface area contributed by atoms with E-state index in [2.05, 4.69) is 4.72 Å². The normalized spacial score (nSPS) is 14.7. The fourth-order valence-electron chi connectivity index (χ4n) is 3.43. The summed E-state index contributed by atoms with van der Waals surface area (Å²) in [6, 6.07) is 7.03. The summed E-state index contributed by atoms with van der Waals surface area (Å²) in [6.45, 7) is 6.39. The van der Waals surface area contributed by atoms with Gasteiger partial charge >= 0.3 is 5.97 Å². The third-order valence-electron chi connectivity index (χ3n) is 5.39. The molecule has 0 radical (unpaired) electrons. The molecule has 1 atom stereocenters. The summed E-state index contributed by atoms with van der Waals surface area (Å²) in [5.41, 5.74) is 1.96. The lowest BCUT2D eigenvalue weighted by atomic mass is 10.0. The second-order valence-electron chi connectivity index (χ2n) is 7.40. The monoisotopic (exact) mass is 450 g/mol. The molecule has 0 saturated heterocycles. The topological polar surface area (TPSA) is 92.8 Å². The Bertz CT molecular complexity index is 1080. The van der Waals surface area contributed by atoms with Gasteiger partial charge in [-0.1, -0.05) is 32.0 Å². The van der Waals surface area contributed by atoms with Gasteiger partial charge in [0.15, 0.2) is 4.21 Å². The van der Waals surface area contributed by atoms with E-state index < -0.39 is 16.0 Å².